The number of para-hydroxylation sites is 6. The molecule has 0 saturated heterocycles. The van der Waals surface area contributed by atoms with E-state index in [1.54, 1.807) is 45.3 Å². The van der Waals surface area contributed by atoms with Crippen molar-refractivity contribution in [2.45, 2.75) is 0 Å². The molecule has 0 aliphatic heterocycles. The summed E-state index contributed by atoms with van der Waals surface area (Å²) in [4.78, 5) is 41.1. The summed E-state index contributed by atoms with van der Waals surface area (Å²) in [6, 6.07) is 106. The molecule has 0 radical (unpaired) electrons. The maximum Gasteiger partial charge on any atom is 0.238 e. The lowest BCUT2D eigenvalue weighted by Crippen LogP contribution is -2.06. The predicted molar refractivity (Wildman–Crippen MR) is 419 cm³/mol. The number of benzene rings is 13. The summed E-state index contributed by atoms with van der Waals surface area (Å²) in [7, 11) is 0. The number of aromatic nitrogens is 10. The first-order valence-electron chi connectivity index (χ1n) is 32.9. The molecule has 8 aromatic heterocycles. The highest BCUT2D eigenvalue weighted by Gasteiger charge is 2.24. The smallest absolute Gasteiger partial charge is 0.238 e. The number of fused-ring (bicyclic) bond motifs is 14. The highest BCUT2D eigenvalue weighted by molar-refractivity contribution is 7.28. The van der Waals surface area contributed by atoms with E-state index in [2.05, 4.69) is 264 Å². The molecule has 21 aromatic rings. The average Bonchev–Trinajstić information content (AvgIpc) is 1.58. The third-order valence-electron chi connectivity index (χ3n) is 18.6. The summed E-state index contributed by atoms with van der Waals surface area (Å²) in [6.07, 6.45) is 0. The number of hydrogen-bond donors (Lipinski definition) is 0. The quantitative estimate of drug-likeness (QED) is 0.140. The predicted octanol–water partition coefficient (Wildman–Crippen LogP) is 23.6. The fraction of sp³-hybridized carbons (Fsp3) is 0. The molecule has 100 heavy (non-hydrogen) atoms. The van der Waals surface area contributed by atoms with E-state index in [9.17, 15) is 0 Å². The van der Waals surface area contributed by atoms with Gasteiger partial charge in [0.2, 0.25) is 5.95 Å². The molecule has 21 rings (SSSR count). The van der Waals surface area contributed by atoms with E-state index < -0.39 is 0 Å². The highest BCUT2D eigenvalue weighted by Crippen LogP contribution is 2.48. The van der Waals surface area contributed by atoms with Crippen molar-refractivity contribution in [1.82, 2.24) is 49.0 Å². The van der Waals surface area contributed by atoms with Gasteiger partial charge >= 0.3 is 0 Å². The van der Waals surface area contributed by atoms with Gasteiger partial charge in [-0.1, -0.05) is 218 Å². The van der Waals surface area contributed by atoms with Gasteiger partial charge in [-0.3, -0.25) is 4.57 Å². The normalized spacial score (nSPS) is 11.8. The monoisotopic (exact) mass is 1350 g/mol. The van der Waals surface area contributed by atoms with Crippen LogP contribution in [-0.4, -0.2) is 49.0 Å². The highest BCUT2D eigenvalue weighted by atomic mass is 32.1. The van der Waals surface area contributed by atoms with E-state index in [-0.39, 0.29) is 0 Å². The van der Waals surface area contributed by atoms with Crippen LogP contribution in [0.3, 0.4) is 0 Å². The van der Waals surface area contributed by atoms with Gasteiger partial charge in [0.05, 0.1) is 42.5 Å². The van der Waals surface area contributed by atoms with E-state index in [1.807, 2.05) is 48.5 Å². The first kappa shape index (κ1) is 57.9. The second-order valence-corrected chi connectivity index (χ2v) is 28.7. The largest absolute Gasteiger partial charge is 0.309 e. The molecule has 468 valence electrons. The fourth-order valence-corrected chi connectivity index (χ4v) is 18.7. The first-order chi connectivity index (χ1) is 49.6. The summed E-state index contributed by atoms with van der Waals surface area (Å²) in [6.45, 7) is 0. The zero-order valence-electron chi connectivity index (χ0n) is 53.0. The van der Waals surface area contributed by atoms with Gasteiger partial charge in [-0.15, -0.1) is 45.3 Å². The Kier molecular flexibility index (Phi) is 13.8. The molecule has 14 heteroatoms. The standard InChI is InChI=1S/C46H27N5S2.C40H23N5S2/c1-3-13-28(14-4-1)43-48-44(29-25-26-38-35(27-29)31-17-7-9-22-37(31)51(38)30-15-5-2-6-16-30)50-45(49-43)33-19-12-24-40-41(33)32-18-11-20-34(42(32)52-40)46-47-36-21-8-10-23-39(36)53-46;1-2-12-24(13-3-1)37-42-38(44-40(43-37)45-31-20-7-4-14-25(31)26-15-5-8-21-32(26)45)28-17-11-23-34-35(28)27-16-10-18-29(36(27)46-34)39-41-30-19-6-9-22-33(30)47-39/h1-27H;1-23H. The Labute approximate surface area is 587 Å². The Bertz CT molecular complexity index is 6690. The van der Waals surface area contributed by atoms with Crippen LogP contribution in [0.15, 0.2) is 303 Å². The number of nitrogens with zero attached hydrogens (tertiary/aromatic N) is 10. The van der Waals surface area contributed by atoms with Crippen molar-refractivity contribution in [1.29, 1.82) is 0 Å². The molecule has 13 aromatic carbocycles. The van der Waals surface area contributed by atoms with Crippen LogP contribution < -0.4 is 0 Å². The lowest BCUT2D eigenvalue weighted by molar-refractivity contribution is 0.954. The second-order valence-electron chi connectivity index (χ2n) is 24.5. The van der Waals surface area contributed by atoms with Gasteiger partial charge in [-0.25, -0.2) is 29.9 Å². The van der Waals surface area contributed by atoms with Crippen molar-refractivity contribution in [3.8, 4) is 89.7 Å². The number of rotatable bonds is 9. The van der Waals surface area contributed by atoms with Crippen molar-refractivity contribution in [2.24, 2.45) is 0 Å². The molecule has 0 saturated carbocycles. The molecule has 0 N–H and O–H groups in total. The minimum atomic E-state index is 0.595. The van der Waals surface area contributed by atoms with Gasteiger partial charge in [0.25, 0.3) is 0 Å². The van der Waals surface area contributed by atoms with Crippen LogP contribution >= 0.6 is 45.3 Å². The Balaban J connectivity index is 0.000000136. The second kappa shape index (κ2) is 23.8. The molecular weight excluding hydrogens is 1300 g/mol. The van der Waals surface area contributed by atoms with E-state index in [4.69, 9.17) is 39.9 Å². The SMILES string of the molecule is c1ccc(-c2nc(-c3ccc4c(c3)c3ccccc3n4-c3ccccc3)nc(-c3cccc4sc5c(-c6nc7ccccc7s6)cccc5c34)n2)cc1.c1ccc(-c2nc(-c3cccc4sc5c(-c6nc7ccccc7s6)cccc5c34)nc(-n3c4ccccc4c4ccccc43)n2)cc1. The molecule has 10 nitrogen and oxygen atoms in total. The van der Waals surface area contributed by atoms with Gasteiger partial charge in [0.15, 0.2) is 29.1 Å². The van der Waals surface area contributed by atoms with Crippen LogP contribution in [0.2, 0.25) is 0 Å². The summed E-state index contributed by atoms with van der Waals surface area (Å²) >= 11 is 7.07. The summed E-state index contributed by atoms with van der Waals surface area (Å²) in [5, 5.41) is 11.4. The minimum absolute atomic E-state index is 0.595. The Morgan fingerprint density at radius 2 is 0.610 bits per heavy atom. The number of thiazole rings is 2. The molecular formula is C86H50N10S4. The Hall–Kier alpha value is -12.3. The van der Waals surface area contributed by atoms with Crippen LogP contribution in [0.5, 0.6) is 0 Å². The van der Waals surface area contributed by atoms with E-state index in [0.717, 1.165) is 104 Å². The van der Waals surface area contributed by atoms with E-state index in [0.29, 0.717) is 35.1 Å². The van der Waals surface area contributed by atoms with Gasteiger partial charge in [0, 0.05) is 107 Å². The summed E-state index contributed by atoms with van der Waals surface area (Å²) in [5.41, 5.74) is 14.7. The van der Waals surface area contributed by atoms with E-state index >= 15 is 0 Å². The van der Waals surface area contributed by atoms with Crippen molar-refractivity contribution in [3.05, 3.63) is 303 Å². The van der Waals surface area contributed by atoms with Crippen molar-refractivity contribution < 1.29 is 0 Å². The average molecular weight is 1350 g/mol. The topological polar surface area (TPSA) is 113 Å². The third-order valence-corrected chi connectivity index (χ3v) is 23.2. The van der Waals surface area contributed by atoms with Gasteiger partial charge in [0.1, 0.15) is 10.0 Å². The molecule has 0 aliphatic rings. The van der Waals surface area contributed by atoms with Crippen molar-refractivity contribution >= 4 is 150 Å². The lowest BCUT2D eigenvalue weighted by Gasteiger charge is -2.11. The Morgan fingerprint density at radius 3 is 1.15 bits per heavy atom. The van der Waals surface area contributed by atoms with Crippen LogP contribution in [0, 0.1) is 0 Å². The molecule has 8 heterocycles. The van der Waals surface area contributed by atoms with Gasteiger partial charge in [-0.05, 0) is 84.9 Å². The van der Waals surface area contributed by atoms with Crippen LogP contribution in [0.1, 0.15) is 0 Å². The van der Waals surface area contributed by atoms with Crippen molar-refractivity contribution in [3.63, 3.8) is 0 Å². The molecule has 0 atom stereocenters. The molecule has 0 fully saturated rings. The van der Waals surface area contributed by atoms with Crippen LogP contribution in [0.25, 0.3) is 194 Å². The maximum absolute atomic E-state index is 5.26. The molecule has 0 unspecified atom stereocenters. The number of hydrogen-bond acceptors (Lipinski definition) is 12. The summed E-state index contributed by atoms with van der Waals surface area (Å²) < 4.78 is 11.7. The van der Waals surface area contributed by atoms with Crippen molar-refractivity contribution in [2.75, 3.05) is 0 Å². The zero-order valence-corrected chi connectivity index (χ0v) is 56.2. The van der Waals surface area contributed by atoms with Crippen LogP contribution in [0.4, 0.5) is 0 Å². The summed E-state index contributed by atoms with van der Waals surface area (Å²) in [5.74, 6) is 3.81. The zero-order chi connectivity index (χ0) is 65.8. The van der Waals surface area contributed by atoms with Gasteiger partial charge in [-0.2, -0.15) is 9.97 Å². The maximum atomic E-state index is 5.26. The van der Waals surface area contributed by atoms with E-state index in [1.165, 1.54) is 55.1 Å². The fourth-order valence-electron chi connectivity index (χ4n) is 14.1. The number of thiophene rings is 2. The van der Waals surface area contributed by atoms with Gasteiger partial charge < -0.3 is 4.57 Å². The first-order valence-corrected chi connectivity index (χ1v) is 36.2. The third kappa shape index (κ3) is 9.70. The molecule has 0 aliphatic carbocycles. The lowest BCUT2D eigenvalue weighted by atomic mass is 10.0. The molecule has 0 amide bonds. The molecule has 0 bridgehead atoms. The minimum Gasteiger partial charge on any atom is -0.309 e. The van der Waals surface area contributed by atoms with Crippen LogP contribution in [-0.2, 0) is 0 Å². The molecule has 0 spiro atoms. The Morgan fingerprint density at radius 1 is 0.230 bits per heavy atom.